The third kappa shape index (κ3) is 3.33. The highest BCUT2D eigenvalue weighted by molar-refractivity contribution is 5.30. The van der Waals surface area contributed by atoms with Crippen molar-refractivity contribution in [2.45, 2.75) is 53.6 Å². The highest BCUT2D eigenvalue weighted by atomic mass is 16.3. The van der Waals surface area contributed by atoms with Crippen LogP contribution in [0.1, 0.15) is 44.4 Å². The molecule has 0 aliphatic carbocycles. The maximum atomic E-state index is 9.48. The minimum absolute atomic E-state index is 0.112. The Labute approximate surface area is 111 Å². The average Bonchev–Trinajstić information content (AvgIpc) is 2.27. The van der Waals surface area contributed by atoms with Gasteiger partial charge in [-0.1, -0.05) is 37.6 Å². The Balaban J connectivity index is 2.76. The zero-order chi connectivity index (χ0) is 14.0. The SMILES string of the molecule is Cc1ccc(CNC(C)(C)C(C)(C)CO)c(C)c1. The van der Waals surface area contributed by atoms with E-state index >= 15 is 0 Å². The van der Waals surface area contributed by atoms with E-state index in [4.69, 9.17) is 0 Å². The Morgan fingerprint density at radius 3 is 2.22 bits per heavy atom. The summed E-state index contributed by atoms with van der Waals surface area (Å²) in [5.41, 5.74) is 3.68. The standard InChI is InChI=1S/C16H27NO/c1-12-7-8-14(13(2)9-12)10-17-16(5,6)15(3,4)11-18/h7-9,17-18H,10-11H2,1-6H3. The molecule has 0 radical (unpaired) electrons. The summed E-state index contributed by atoms with van der Waals surface area (Å²) in [5.74, 6) is 0. The third-order valence-corrected chi connectivity index (χ3v) is 4.31. The Hall–Kier alpha value is -0.860. The molecule has 2 heteroatoms. The van der Waals surface area contributed by atoms with Gasteiger partial charge in [0.25, 0.3) is 0 Å². The molecule has 0 aromatic heterocycles. The minimum atomic E-state index is -0.147. The lowest BCUT2D eigenvalue weighted by Gasteiger charge is -2.41. The van der Waals surface area contributed by atoms with Crippen LogP contribution in [0, 0.1) is 19.3 Å². The molecule has 1 aromatic rings. The van der Waals surface area contributed by atoms with Gasteiger partial charge in [-0.15, -0.1) is 0 Å². The fourth-order valence-electron chi connectivity index (χ4n) is 1.80. The zero-order valence-corrected chi connectivity index (χ0v) is 12.6. The van der Waals surface area contributed by atoms with Crippen molar-refractivity contribution in [2.75, 3.05) is 6.61 Å². The van der Waals surface area contributed by atoms with Crippen molar-refractivity contribution >= 4 is 0 Å². The van der Waals surface area contributed by atoms with E-state index in [1.807, 2.05) is 0 Å². The number of aryl methyl sites for hydroxylation is 2. The van der Waals surface area contributed by atoms with Gasteiger partial charge in [0.05, 0.1) is 0 Å². The number of hydrogen-bond donors (Lipinski definition) is 2. The molecular weight excluding hydrogens is 222 g/mol. The van der Waals surface area contributed by atoms with E-state index in [0.29, 0.717) is 0 Å². The quantitative estimate of drug-likeness (QED) is 0.840. The Kier molecular flexibility index (Phi) is 4.57. The molecule has 102 valence electrons. The highest BCUT2D eigenvalue weighted by Crippen LogP contribution is 2.30. The van der Waals surface area contributed by atoms with Gasteiger partial charge in [-0.2, -0.15) is 0 Å². The van der Waals surface area contributed by atoms with Gasteiger partial charge in [-0.25, -0.2) is 0 Å². The smallest absolute Gasteiger partial charge is 0.0499 e. The Morgan fingerprint density at radius 2 is 1.72 bits per heavy atom. The molecule has 0 fully saturated rings. The van der Waals surface area contributed by atoms with Crippen LogP contribution in [0.3, 0.4) is 0 Å². The number of aliphatic hydroxyl groups is 1. The van der Waals surface area contributed by atoms with Gasteiger partial charge in [-0.3, -0.25) is 0 Å². The van der Waals surface area contributed by atoms with Crippen molar-refractivity contribution in [3.05, 3.63) is 34.9 Å². The molecule has 0 atom stereocenters. The molecular formula is C16H27NO. The highest BCUT2D eigenvalue weighted by Gasteiger charge is 2.35. The lowest BCUT2D eigenvalue weighted by atomic mass is 9.75. The van der Waals surface area contributed by atoms with Crippen LogP contribution in [0.4, 0.5) is 0 Å². The lowest BCUT2D eigenvalue weighted by Crippen LogP contribution is -2.52. The molecule has 2 nitrogen and oxygen atoms in total. The topological polar surface area (TPSA) is 32.3 Å². The van der Waals surface area contributed by atoms with Crippen molar-refractivity contribution in [3.63, 3.8) is 0 Å². The van der Waals surface area contributed by atoms with Gasteiger partial charge in [0.15, 0.2) is 0 Å². The van der Waals surface area contributed by atoms with Crippen LogP contribution in [0.25, 0.3) is 0 Å². The summed E-state index contributed by atoms with van der Waals surface area (Å²) in [4.78, 5) is 0. The summed E-state index contributed by atoms with van der Waals surface area (Å²) in [6.07, 6.45) is 0. The molecule has 18 heavy (non-hydrogen) atoms. The lowest BCUT2D eigenvalue weighted by molar-refractivity contribution is 0.0677. The second kappa shape index (κ2) is 5.41. The summed E-state index contributed by atoms with van der Waals surface area (Å²) in [6.45, 7) is 13.7. The van der Waals surface area contributed by atoms with E-state index in [-0.39, 0.29) is 17.6 Å². The van der Waals surface area contributed by atoms with Gasteiger partial charge in [-0.05, 0) is 38.8 Å². The summed E-state index contributed by atoms with van der Waals surface area (Å²) in [5, 5.41) is 13.0. The van der Waals surface area contributed by atoms with E-state index in [1.54, 1.807) is 0 Å². The third-order valence-electron chi connectivity index (χ3n) is 4.31. The molecule has 0 spiro atoms. The minimum Gasteiger partial charge on any atom is -0.396 e. The van der Waals surface area contributed by atoms with Gasteiger partial charge in [0.1, 0.15) is 0 Å². The predicted octanol–water partition coefficient (Wildman–Crippen LogP) is 3.19. The van der Waals surface area contributed by atoms with Crippen LogP contribution in [0.15, 0.2) is 18.2 Å². The number of hydrogen-bond acceptors (Lipinski definition) is 2. The molecule has 0 aliphatic rings. The summed E-state index contributed by atoms with van der Waals surface area (Å²) < 4.78 is 0. The van der Waals surface area contributed by atoms with Crippen molar-refractivity contribution in [1.82, 2.24) is 5.32 Å². The Morgan fingerprint density at radius 1 is 1.11 bits per heavy atom. The van der Waals surface area contributed by atoms with Crippen molar-refractivity contribution in [2.24, 2.45) is 5.41 Å². The monoisotopic (exact) mass is 249 g/mol. The van der Waals surface area contributed by atoms with Crippen LogP contribution in [-0.4, -0.2) is 17.3 Å². The van der Waals surface area contributed by atoms with Gasteiger partial charge < -0.3 is 10.4 Å². The molecule has 0 heterocycles. The predicted molar refractivity (Wildman–Crippen MR) is 77.7 cm³/mol. The summed E-state index contributed by atoms with van der Waals surface area (Å²) in [7, 11) is 0. The van der Waals surface area contributed by atoms with Crippen LogP contribution in [0.2, 0.25) is 0 Å². The fourth-order valence-corrected chi connectivity index (χ4v) is 1.80. The van der Waals surface area contributed by atoms with Crippen molar-refractivity contribution < 1.29 is 5.11 Å². The van der Waals surface area contributed by atoms with E-state index in [1.165, 1.54) is 16.7 Å². The zero-order valence-electron chi connectivity index (χ0n) is 12.6. The van der Waals surface area contributed by atoms with Crippen LogP contribution < -0.4 is 5.32 Å². The molecule has 0 unspecified atom stereocenters. The molecule has 1 rings (SSSR count). The summed E-state index contributed by atoms with van der Waals surface area (Å²) >= 11 is 0. The molecule has 2 N–H and O–H groups in total. The molecule has 0 saturated heterocycles. The number of benzene rings is 1. The second-order valence-corrected chi connectivity index (χ2v) is 6.45. The van der Waals surface area contributed by atoms with Gasteiger partial charge in [0.2, 0.25) is 0 Å². The normalized spacial score (nSPS) is 12.8. The Bertz CT molecular complexity index is 408. The van der Waals surface area contributed by atoms with Crippen LogP contribution in [-0.2, 0) is 6.54 Å². The fraction of sp³-hybridized carbons (Fsp3) is 0.625. The molecule has 0 amide bonds. The van der Waals surface area contributed by atoms with E-state index in [9.17, 15) is 5.11 Å². The molecule has 1 aromatic carbocycles. The van der Waals surface area contributed by atoms with Gasteiger partial charge >= 0.3 is 0 Å². The molecule has 0 aliphatic heterocycles. The number of nitrogens with one attached hydrogen (secondary N) is 1. The first-order valence-corrected chi connectivity index (χ1v) is 6.61. The second-order valence-electron chi connectivity index (χ2n) is 6.45. The molecule has 0 bridgehead atoms. The number of aliphatic hydroxyl groups excluding tert-OH is 1. The van der Waals surface area contributed by atoms with E-state index in [2.05, 4.69) is 65.1 Å². The molecule has 0 saturated carbocycles. The summed E-state index contributed by atoms with van der Waals surface area (Å²) in [6, 6.07) is 6.54. The largest absolute Gasteiger partial charge is 0.396 e. The first kappa shape index (κ1) is 15.2. The van der Waals surface area contributed by atoms with Crippen molar-refractivity contribution in [1.29, 1.82) is 0 Å². The van der Waals surface area contributed by atoms with Crippen molar-refractivity contribution in [3.8, 4) is 0 Å². The first-order valence-electron chi connectivity index (χ1n) is 6.61. The van der Waals surface area contributed by atoms with Crippen LogP contribution >= 0.6 is 0 Å². The average molecular weight is 249 g/mol. The van der Waals surface area contributed by atoms with Crippen LogP contribution in [0.5, 0.6) is 0 Å². The van der Waals surface area contributed by atoms with Gasteiger partial charge in [0, 0.05) is 24.1 Å². The first-order chi connectivity index (χ1) is 8.19. The maximum Gasteiger partial charge on any atom is 0.0499 e. The van der Waals surface area contributed by atoms with E-state index < -0.39 is 0 Å². The maximum absolute atomic E-state index is 9.48. The van der Waals surface area contributed by atoms with E-state index in [0.717, 1.165) is 6.54 Å². The number of rotatable bonds is 5.